The third-order valence-corrected chi connectivity index (χ3v) is 5.50. The summed E-state index contributed by atoms with van der Waals surface area (Å²) in [4.78, 5) is 0. The van der Waals surface area contributed by atoms with Crippen molar-refractivity contribution in [3.63, 3.8) is 0 Å². The zero-order chi connectivity index (χ0) is 20.1. The first-order chi connectivity index (χ1) is 13.5. The Balaban J connectivity index is 1.80. The second-order valence-electron chi connectivity index (χ2n) is 5.65. The molecule has 3 rings (SSSR count). The Kier molecular flexibility index (Phi) is 6.93. The van der Waals surface area contributed by atoms with Crippen LogP contribution in [0, 0.1) is 0 Å². The Morgan fingerprint density at radius 1 is 1.11 bits per heavy atom. The molecule has 0 N–H and O–H groups in total. The molecular formula is C19H15Cl2F2N3OS. The highest BCUT2D eigenvalue weighted by Gasteiger charge is 2.14. The minimum Gasteiger partial charge on any atom is -0.435 e. The molecule has 0 aliphatic heterocycles. The van der Waals surface area contributed by atoms with Crippen molar-refractivity contribution in [3.05, 3.63) is 70.7 Å². The van der Waals surface area contributed by atoms with Crippen LogP contribution >= 0.6 is 35.0 Å². The van der Waals surface area contributed by atoms with Gasteiger partial charge in [0.1, 0.15) is 5.75 Å². The van der Waals surface area contributed by atoms with E-state index in [0.29, 0.717) is 33.3 Å². The molecule has 0 radical (unpaired) electrons. The number of aromatic nitrogens is 3. The van der Waals surface area contributed by atoms with Crippen LogP contribution in [-0.2, 0) is 12.3 Å². The molecule has 28 heavy (non-hydrogen) atoms. The molecule has 2 aromatic carbocycles. The van der Waals surface area contributed by atoms with Gasteiger partial charge >= 0.3 is 6.61 Å². The van der Waals surface area contributed by atoms with Gasteiger partial charge < -0.3 is 4.74 Å². The number of allylic oxidation sites excluding steroid dienone is 1. The summed E-state index contributed by atoms with van der Waals surface area (Å²) in [6.45, 7) is 1.42. The van der Waals surface area contributed by atoms with E-state index in [2.05, 4.69) is 21.5 Å². The summed E-state index contributed by atoms with van der Waals surface area (Å²) < 4.78 is 30.9. The van der Waals surface area contributed by atoms with E-state index >= 15 is 0 Å². The summed E-state index contributed by atoms with van der Waals surface area (Å²) in [5, 5.41) is 10.2. The first-order valence-electron chi connectivity index (χ1n) is 8.14. The molecule has 0 atom stereocenters. The molecule has 1 aromatic heterocycles. The largest absolute Gasteiger partial charge is 0.435 e. The molecule has 0 saturated carbocycles. The molecule has 9 heteroatoms. The summed E-state index contributed by atoms with van der Waals surface area (Å²) in [6, 6.07) is 11.7. The van der Waals surface area contributed by atoms with E-state index < -0.39 is 6.61 Å². The number of halogens is 4. The molecule has 0 aliphatic rings. The molecule has 0 aliphatic carbocycles. The van der Waals surface area contributed by atoms with E-state index in [4.69, 9.17) is 23.2 Å². The van der Waals surface area contributed by atoms with E-state index in [0.717, 1.165) is 11.1 Å². The maximum atomic E-state index is 12.3. The molecule has 4 nitrogen and oxygen atoms in total. The molecular weight excluding hydrogens is 427 g/mol. The standard InChI is InChI=1S/C19H15Cl2F2N3OS/c1-2-9-26-17(13-4-6-14(7-5-13)27-18(22)23)24-25-19(26)28-11-12-3-8-15(20)16(21)10-12/h2-8,10,18H,1,9,11H2. The molecule has 0 bridgehead atoms. The number of thioether (sulfide) groups is 1. The van der Waals surface area contributed by atoms with Gasteiger partial charge in [0, 0.05) is 17.9 Å². The van der Waals surface area contributed by atoms with Crippen molar-refractivity contribution in [1.82, 2.24) is 14.8 Å². The maximum Gasteiger partial charge on any atom is 0.387 e. The summed E-state index contributed by atoms with van der Waals surface area (Å²) in [7, 11) is 0. The lowest BCUT2D eigenvalue weighted by Gasteiger charge is -2.09. The molecule has 146 valence electrons. The van der Waals surface area contributed by atoms with Gasteiger partial charge in [-0.25, -0.2) is 0 Å². The van der Waals surface area contributed by atoms with Crippen LogP contribution in [0.4, 0.5) is 8.78 Å². The lowest BCUT2D eigenvalue weighted by Crippen LogP contribution is -2.02. The molecule has 1 heterocycles. The minimum absolute atomic E-state index is 0.0859. The fraction of sp³-hybridized carbons (Fsp3) is 0.158. The zero-order valence-corrected chi connectivity index (χ0v) is 16.8. The van der Waals surface area contributed by atoms with E-state index in [1.54, 1.807) is 24.3 Å². The molecule has 0 fully saturated rings. The lowest BCUT2D eigenvalue weighted by molar-refractivity contribution is -0.0498. The highest BCUT2D eigenvalue weighted by molar-refractivity contribution is 7.98. The highest BCUT2D eigenvalue weighted by Crippen LogP contribution is 2.30. The number of ether oxygens (including phenoxy) is 1. The van der Waals surface area contributed by atoms with Crippen molar-refractivity contribution in [2.75, 3.05) is 0 Å². The summed E-state index contributed by atoms with van der Waals surface area (Å²) >= 11 is 13.5. The van der Waals surface area contributed by atoms with Crippen LogP contribution in [0.2, 0.25) is 10.0 Å². The second kappa shape index (κ2) is 9.41. The molecule has 0 saturated heterocycles. The number of alkyl halides is 2. The summed E-state index contributed by atoms with van der Waals surface area (Å²) in [6.07, 6.45) is 1.74. The van der Waals surface area contributed by atoms with Gasteiger partial charge in [-0.15, -0.1) is 16.8 Å². The van der Waals surface area contributed by atoms with Crippen LogP contribution in [0.1, 0.15) is 5.56 Å². The van der Waals surface area contributed by atoms with E-state index in [-0.39, 0.29) is 5.75 Å². The number of nitrogens with zero attached hydrogens (tertiary/aromatic N) is 3. The fourth-order valence-corrected chi connectivity index (χ4v) is 3.68. The normalized spacial score (nSPS) is 11.0. The first-order valence-corrected chi connectivity index (χ1v) is 9.88. The predicted molar refractivity (Wildman–Crippen MR) is 108 cm³/mol. The number of benzene rings is 2. The minimum atomic E-state index is -2.86. The Morgan fingerprint density at radius 2 is 1.86 bits per heavy atom. The van der Waals surface area contributed by atoms with Gasteiger partial charge in [-0.05, 0) is 42.0 Å². The topological polar surface area (TPSA) is 39.9 Å². The third kappa shape index (κ3) is 5.04. The predicted octanol–water partition coefficient (Wildman–Crippen LogP) is 6.33. The van der Waals surface area contributed by atoms with Gasteiger partial charge in [-0.1, -0.05) is 47.1 Å². The van der Waals surface area contributed by atoms with E-state index in [1.807, 2.05) is 16.7 Å². The zero-order valence-electron chi connectivity index (χ0n) is 14.5. The van der Waals surface area contributed by atoms with Crippen LogP contribution < -0.4 is 4.74 Å². The van der Waals surface area contributed by atoms with Crippen LogP contribution in [0.3, 0.4) is 0 Å². The van der Waals surface area contributed by atoms with E-state index in [1.165, 1.54) is 23.9 Å². The SMILES string of the molecule is C=CCn1c(SCc2ccc(Cl)c(Cl)c2)nnc1-c1ccc(OC(F)F)cc1. The molecule has 0 spiro atoms. The Labute approximate surface area is 175 Å². The van der Waals surface area contributed by atoms with Crippen molar-refractivity contribution < 1.29 is 13.5 Å². The second-order valence-corrected chi connectivity index (χ2v) is 7.40. The molecule has 0 amide bonds. The Morgan fingerprint density at radius 3 is 2.50 bits per heavy atom. The van der Waals surface area contributed by atoms with Crippen molar-refractivity contribution in [1.29, 1.82) is 0 Å². The van der Waals surface area contributed by atoms with Crippen LogP contribution in [-0.4, -0.2) is 21.4 Å². The van der Waals surface area contributed by atoms with Gasteiger partial charge in [0.2, 0.25) is 0 Å². The van der Waals surface area contributed by atoms with E-state index in [9.17, 15) is 8.78 Å². The highest BCUT2D eigenvalue weighted by atomic mass is 35.5. The van der Waals surface area contributed by atoms with Crippen molar-refractivity contribution in [3.8, 4) is 17.1 Å². The van der Waals surface area contributed by atoms with Crippen molar-refractivity contribution in [2.45, 2.75) is 24.1 Å². The third-order valence-electron chi connectivity index (χ3n) is 3.72. The average molecular weight is 442 g/mol. The van der Waals surface area contributed by atoms with Gasteiger partial charge in [0.05, 0.1) is 10.0 Å². The van der Waals surface area contributed by atoms with Crippen molar-refractivity contribution >= 4 is 35.0 Å². The van der Waals surface area contributed by atoms with Crippen LogP contribution in [0.5, 0.6) is 5.75 Å². The first kappa shape index (κ1) is 20.6. The maximum absolute atomic E-state index is 12.3. The number of rotatable bonds is 8. The van der Waals surface area contributed by atoms with Crippen LogP contribution in [0.25, 0.3) is 11.4 Å². The van der Waals surface area contributed by atoms with Gasteiger partial charge in [0.15, 0.2) is 11.0 Å². The van der Waals surface area contributed by atoms with Crippen molar-refractivity contribution in [2.24, 2.45) is 0 Å². The number of hydrogen-bond acceptors (Lipinski definition) is 4. The van der Waals surface area contributed by atoms with Gasteiger partial charge in [-0.2, -0.15) is 8.78 Å². The Bertz CT molecular complexity index is 964. The summed E-state index contributed by atoms with van der Waals surface area (Å²) in [5.74, 6) is 1.33. The fourth-order valence-electron chi connectivity index (χ4n) is 2.47. The number of hydrogen-bond donors (Lipinski definition) is 0. The Hall–Kier alpha value is -2.09. The average Bonchev–Trinajstić information content (AvgIpc) is 3.06. The quantitative estimate of drug-likeness (QED) is 0.302. The molecule has 3 aromatic rings. The molecule has 0 unspecified atom stereocenters. The summed E-state index contributed by atoms with van der Waals surface area (Å²) in [5.41, 5.74) is 1.74. The lowest BCUT2D eigenvalue weighted by atomic mass is 10.2. The van der Waals surface area contributed by atoms with Gasteiger partial charge in [-0.3, -0.25) is 4.57 Å². The monoisotopic (exact) mass is 441 g/mol. The van der Waals surface area contributed by atoms with Gasteiger partial charge in [0.25, 0.3) is 0 Å². The van der Waals surface area contributed by atoms with Crippen LogP contribution in [0.15, 0.2) is 60.3 Å². The smallest absolute Gasteiger partial charge is 0.387 e.